The summed E-state index contributed by atoms with van der Waals surface area (Å²) >= 11 is 0. The molecule has 3 heteroatoms. The van der Waals surface area contributed by atoms with Crippen molar-refractivity contribution in [2.75, 3.05) is 26.2 Å². The standard InChI is InChI=1S/C16H25N3/c1-2-9-17-15(3-1)8-12-19-10-6-14(7-11-19)13-18-16-4-5-16/h1-3,9,14,16,18H,4-8,10-13H2. The topological polar surface area (TPSA) is 28.2 Å². The Morgan fingerprint density at radius 2 is 2.00 bits per heavy atom. The monoisotopic (exact) mass is 259 g/mol. The van der Waals surface area contributed by atoms with Crippen LogP contribution in [0.3, 0.4) is 0 Å². The third kappa shape index (κ3) is 4.29. The van der Waals surface area contributed by atoms with E-state index in [2.05, 4.69) is 27.3 Å². The minimum Gasteiger partial charge on any atom is -0.314 e. The quantitative estimate of drug-likeness (QED) is 0.848. The van der Waals surface area contributed by atoms with Gasteiger partial charge in [-0.3, -0.25) is 4.98 Å². The summed E-state index contributed by atoms with van der Waals surface area (Å²) in [5, 5.41) is 3.67. The highest BCUT2D eigenvalue weighted by molar-refractivity contribution is 5.03. The molecule has 2 aliphatic rings. The van der Waals surface area contributed by atoms with Crippen molar-refractivity contribution in [2.45, 2.75) is 38.1 Å². The third-order valence-corrected chi connectivity index (χ3v) is 4.39. The van der Waals surface area contributed by atoms with Gasteiger partial charge in [-0.2, -0.15) is 0 Å². The average molecular weight is 259 g/mol. The summed E-state index contributed by atoms with van der Waals surface area (Å²) in [5.74, 6) is 0.909. The SMILES string of the molecule is c1ccc(CCN2CCC(CNC3CC3)CC2)nc1. The van der Waals surface area contributed by atoms with Crippen LogP contribution in [0.2, 0.25) is 0 Å². The molecule has 0 atom stereocenters. The highest BCUT2D eigenvalue weighted by Crippen LogP contribution is 2.21. The van der Waals surface area contributed by atoms with Crippen molar-refractivity contribution >= 4 is 0 Å². The van der Waals surface area contributed by atoms with Crippen LogP contribution < -0.4 is 5.32 Å². The predicted octanol–water partition coefficient (Wildman–Crippen LogP) is 2.09. The molecule has 1 aromatic rings. The minimum absolute atomic E-state index is 0.863. The molecule has 2 fully saturated rings. The number of nitrogens with one attached hydrogen (secondary N) is 1. The van der Waals surface area contributed by atoms with E-state index in [1.54, 1.807) is 0 Å². The maximum absolute atomic E-state index is 4.40. The van der Waals surface area contributed by atoms with Crippen molar-refractivity contribution in [1.29, 1.82) is 0 Å². The number of rotatable bonds is 6. The fourth-order valence-corrected chi connectivity index (χ4v) is 2.85. The second-order valence-electron chi connectivity index (χ2n) is 6.04. The maximum Gasteiger partial charge on any atom is 0.0416 e. The molecule has 1 aliphatic heterocycles. The van der Waals surface area contributed by atoms with Crippen LogP contribution >= 0.6 is 0 Å². The molecule has 19 heavy (non-hydrogen) atoms. The summed E-state index contributed by atoms with van der Waals surface area (Å²) in [6, 6.07) is 7.06. The molecule has 1 saturated carbocycles. The van der Waals surface area contributed by atoms with E-state index in [1.807, 2.05) is 12.3 Å². The molecule has 1 aromatic heterocycles. The van der Waals surface area contributed by atoms with E-state index in [9.17, 15) is 0 Å². The van der Waals surface area contributed by atoms with Crippen LogP contribution in [0, 0.1) is 5.92 Å². The lowest BCUT2D eigenvalue weighted by Gasteiger charge is -2.32. The zero-order valence-corrected chi connectivity index (χ0v) is 11.7. The molecule has 3 nitrogen and oxygen atoms in total. The first kappa shape index (κ1) is 13.1. The van der Waals surface area contributed by atoms with Crippen LogP contribution in [0.5, 0.6) is 0 Å². The number of pyridine rings is 1. The Hall–Kier alpha value is -0.930. The lowest BCUT2D eigenvalue weighted by molar-refractivity contribution is 0.183. The fourth-order valence-electron chi connectivity index (χ4n) is 2.85. The van der Waals surface area contributed by atoms with Crippen molar-refractivity contribution < 1.29 is 0 Å². The molecule has 0 spiro atoms. The Bertz CT molecular complexity index is 367. The van der Waals surface area contributed by atoms with Crippen LogP contribution in [0.15, 0.2) is 24.4 Å². The van der Waals surface area contributed by atoms with Gasteiger partial charge in [-0.25, -0.2) is 0 Å². The van der Waals surface area contributed by atoms with Gasteiger partial charge in [0.1, 0.15) is 0 Å². The molecular weight excluding hydrogens is 234 g/mol. The Labute approximate surface area is 116 Å². The first-order valence-electron chi connectivity index (χ1n) is 7.76. The van der Waals surface area contributed by atoms with E-state index in [4.69, 9.17) is 0 Å². The molecule has 1 aliphatic carbocycles. The zero-order chi connectivity index (χ0) is 12.9. The van der Waals surface area contributed by atoms with E-state index in [-0.39, 0.29) is 0 Å². The van der Waals surface area contributed by atoms with Gasteiger partial charge in [-0.15, -0.1) is 0 Å². The lowest BCUT2D eigenvalue weighted by Crippen LogP contribution is -2.38. The van der Waals surface area contributed by atoms with Gasteiger partial charge in [0.25, 0.3) is 0 Å². The summed E-state index contributed by atoms with van der Waals surface area (Å²) in [6.45, 7) is 4.95. The van der Waals surface area contributed by atoms with E-state index in [0.29, 0.717) is 0 Å². The zero-order valence-electron chi connectivity index (χ0n) is 11.7. The first-order valence-corrected chi connectivity index (χ1v) is 7.76. The summed E-state index contributed by atoms with van der Waals surface area (Å²) in [5.41, 5.74) is 1.22. The van der Waals surface area contributed by atoms with Crippen LogP contribution in [-0.4, -0.2) is 42.1 Å². The van der Waals surface area contributed by atoms with E-state index in [0.717, 1.165) is 18.4 Å². The number of aromatic nitrogens is 1. The van der Waals surface area contributed by atoms with Crippen molar-refractivity contribution in [3.63, 3.8) is 0 Å². The predicted molar refractivity (Wildman–Crippen MR) is 78.1 cm³/mol. The smallest absolute Gasteiger partial charge is 0.0416 e. The minimum atomic E-state index is 0.863. The molecule has 0 unspecified atom stereocenters. The fraction of sp³-hybridized carbons (Fsp3) is 0.688. The Kier molecular flexibility index (Phi) is 4.46. The van der Waals surface area contributed by atoms with E-state index in [1.165, 1.54) is 57.6 Å². The van der Waals surface area contributed by atoms with Gasteiger partial charge >= 0.3 is 0 Å². The van der Waals surface area contributed by atoms with Gasteiger partial charge < -0.3 is 10.2 Å². The maximum atomic E-state index is 4.40. The summed E-state index contributed by atoms with van der Waals surface area (Å²) < 4.78 is 0. The largest absolute Gasteiger partial charge is 0.314 e. The van der Waals surface area contributed by atoms with Gasteiger partial charge in [0, 0.05) is 30.9 Å². The molecule has 1 N–H and O–H groups in total. The molecule has 104 valence electrons. The number of likely N-dealkylation sites (tertiary alicyclic amines) is 1. The first-order chi connectivity index (χ1) is 9.40. The van der Waals surface area contributed by atoms with Crippen LogP contribution in [0.4, 0.5) is 0 Å². The molecule has 0 bridgehead atoms. The van der Waals surface area contributed by atoms with Gasteiger partial charge in [-0.05, 0) is 63.4 Å². The Morgan fingerprint density at radius 1 is 1.16 bits per heavy atom. The molecule has 2 heterocycles. The van der Waals surface area contributed by atoms with Crippen LogP contribution in [-0.2, 0) is 6.42 Å². The van der Waals surface area contributed by atoms with Gasteiger partial charge in [0.2, 0.25) is 0 Å². The highest BCUT2D eigenvalue weighted by atomic mass is 15.1. The van der Waals surface area contributed by atoms with Gasteiger partial charge in [-0.1, -0.05) is 6.07 Å². The third-order valence-electron chi connectivity index (χ3n) is 4.39. The molecule has 0 radical (unpaired) electrons. The molecule has 1 saturated heterocycles. The van der Waals surface area contributed by atoms with Crippen LogP contribution in [0.1, 0.15) is 31.4 Å². The highest BCUT2D eigenvalue weighted by Gasteiger charge is 2.24. The summed E-state index contributed by atoms with van der Waals surface area (Å²) in [7, 11) is 0. The summed E-state index contributed by atoms with van der Waals surface area (Å²) in [4.78, 5) is 7.00. The molecule has 3 rings (SSSR count). The second-order valence-corrected chi connectivity index (χ2v) is 6.04. The number of piperidine rings is 1. The Balaban J connectivity index is 1.33. The Morgan fingerprint density at radius 3 is 2.68 bits per heavy atom. The van der Waals surface area contributed by atoms with Gasteiger partial charge in [0.15, 0.2) is 0 Å². The van der Waals surface area contributed by atoms with Crippen molar-refractivity contribution in [3.05, 3.63) is 30.1 Å². The van der Waals surface area contributed by atoms with Crippen molar-refractivity contribution in [1.82, 2.24) is 15.2 Å². The number of hydrogen-bond acceptors (Lipinski definition) is 3. The van der Waals surface area contributed by atoms with Crippen molar-refractivity contribution in [3.8, 4) is 0 Å². The van der Waals surface area contributed by atoms with Gasteiger partial charge in [0.05, 0.1) is 0 Å². The summed E-state index contributed by atoms with van der Waals surface area (Å²) in [6.07, 6.45) is 8.52. The molecular formula is C16H25N3. The van der Waals surface area contributed by atoms with Crippen molar-refractivity contribution in [2.24, 2.45) is 5.92 Å². The molecule has 0 amide bonds. The van der Waals surface area contributed by atoms with E-state index >= 15 is 0 Å². The van der Waals surface area contributed by atoms with E-state index < -0.39 is 0 Å². The number of nitrogens with zero attached hydrogens (tertiary/aromatic N) is 2. The average Bonchev–Trinajstić information content (AvgIpc) is 3.29. The normalized spacial score (nSPS) is 21.7. The molecule has 0 aromatic carbocycles. The second kappa shape index (κ2) is 6.49. The lowest BCUT2D eigenvalue weighted by atomic mass is 9.96. The number of hydrogen-bond donors (Lipinski definition) is 1. The van der Waals surface area contributed by atoms with Crippen LogP contribution in [0.25, 0.3) is 0 Å².